The molecule has 0 saturated carbocycles. The number of hydrogen-bond donors (Lipinski definition) is 5. The molecule has 0 spiro atoms. The summed E-state index contributed by atoms with van der Waals surface area (Å²) in [6.45, 7) is 2.55. The normalized spacial score (nSPS) is 22.7. The average Bonchev–Trinajstić information content (AvgIpc) is 3.55. The molecular weight excluding hydrogens is 498 g/mol. The van der Waals surface area contributed by atoms with Gasteiger partial charge in [0.15, 0.2) is 6.23 Å². The lowest BCUT2D eigenvalue weighted by Crippen LogP contribution is -2.47. The molecule has 5 rings (SSSR count). The highest BCUT2D eigenvalue weighted by Crippen LogP contribution is 2.32. The zero-order valence-electron chi connectivity index (χ0n) is 20.1. The fraction of sp³-hybridized carbons (Fsp3) is 0.346. The van der Waals surface area contributed by atoms with Gasteiger partial charge in [-0.15, -0.1) is 0 Å². The van der Waals surface area contributed by atoms with E-state index in [9.17, 15) is 24.6 Å². The Morgan fingerprint density at radius 2 is 2.03 bits per heavy atom. The van der Waals surface area contributed by atoms with Crippen molar-refractivity contribution in [3.8, 4) is 0 Å². The molecule has 3 aromatic rings. The number of amides is 2. The van der Waals surface area contributed by atoms with Crippen molar-refractivity contribution in [1.82, 2.24) is 10.3 Å². The van der Waals surface area contributed by atoms with Crippen LogP contribution in [0.2, 0.25) is 5.02 Å². The summed E-state index contributed by atoms with van der Waals surface area (Å²) in [4.78, 5) is 44.4. The zero-order valence-corrected chi connectivity index (χ0v) is 20.9. The fourth-order valence-electron chi connectivity index (χ4n) is 5.18. The number of carbonyl (C=O) groups excluding carboxylic acids is 3. The van der Waals surface area contributed by atoms with Crippen molar-refractivity contribution in [2.24, 2.45) is 5.73 Å². The maximum Gasteiger partial charge on any atom is 0.244 e. The minimum atomic E-state index is -1.61. The highest BCUT2D eigenvalue weighted by Gasteiger charge is 2.37. The molecule has 2 aliphatic rings. The zero-order chi connectivity index (χ0) is 26.4. The number of benzene rings is 2. The van der Waals surface area contributed by atoms with Crippen LogP contribution in [0.25, 0.3) is 10.9 Å². The van der Waals surface area contributed by atoms with E-state index >= 15 is 0 Å². The number of ketones is 1. The van der Waals surface area contributed by atoms with Crippen LogP contribution in [0.5, 0.6) is 0 Å². The van der Waals surface area contributed by atoms with Gasteiger partial charge >= 0.3 is 0 Å². The summed E-state index contributed by atoms with van der Waals surface area (Å²) < 4.78 is 0. The first kappa shape index (κ1) is 25.2. The molecule has 2 aromatic carbocycles. The average molecular weight is 526 g/mol. The Balaban J connectivity index is 1.33. The van der Waals surface area contributed by atoms with Crippen LogP contribution in [0.4, 0.5) is 11.4 Å². The molecule has 4 unspecified atom stereocenters. The van der Waals surface area contributed by atoms with Crippen molar-refractivity contribution in [3.63, 3.8) is 0 Å². The first-order valence-electron chi connectivity index (χ1n) is 12.0. The van der Waals surface area contributed by atoms with Gasteiger partial charge in [-0.1, -0.05) is 17.7 Å². The molecule has 194 valence electrons. The third-order valence-electron chi connectivity index (χ3n) is 7.08. The van der Waals surface area contributed by atoms with Gasteiger partial charge in [-0.25, -0.2) is 0 Å². The van der Waals surface area contributed by atoms with Crippen LogP contribution in [0.15, 0.2) is 42.6 Å². The van der Waals surface area contributed by atoms with Gasteiger partial charge in [0.25, 0.3) is 0 Å². The van der Waals surface area contributed by atoms with E-state index in [1.807, 2.05) is 13.0 Å². The first-order valence-corrected chi connectivity index (χ1v) is 12.4. The topological polar surface area (TPSA) is 152 Å². The third kappa shape index (κ3) is 4.69. The molecule has 0 aliphatic carbocycles. The van der Waals surface area contributed by atoms with E-state index in [0.29, 0.717) is 40.3 Å². The third-order valence-corrected chi connectivity index (χ3v) is 7.38. The number of aryl methyl sites for hydroxylation is 1. The number of anilines is 2. The van der Waals surface area contributed by atoms with Gasteiger partial charge in [0.05, 0.1) is 22.9 Å². The number of nitrogens with two attached hydrogens (primary N) is 1. The van der Waals surface area contributed by atoms with E-state index in [1.165, 1.54) is 6.20 Å². The van der Waals surface area contributed by atoms with Crippen LogP contribution in [0.1, 0.15) is 28.8 Å². The molecule has 37 heavy (non-hydrogen) atoms. The molecule has 0 radical (unpaired) electrons. The Kier molecular flexibility index (Phi) is 6.67. The lowest BCUT2D eigenvalue weighted by molar-refractivity contribution is -0.120. The monoisotopic (exact) mass is 525 g/mol. The van der Waals surface area contributed by atoms with Gasteiger partial charge in [-0.05, 0) is 49.2 Å². The molecule has 6 N–H and O–H groups in total. The summed E-state index contributed by atoms with van der Waals surface area (Å²) in [5, 5.41) is 24.6. The summed E-state index contributed by atoms with van der Waals surface area (Å²) in [6.07, 6.45) is -0.172. The standard InChI is InChI=1S/C26H28ClN5O5/c1-13-2-5-21(18(27)8-13)31-7-6-20(26(31)37)30-25(36)23(34)17-11-29-19-4-3-14(9-16(17)19)32-12-15(33)10-22(32)24(28)35/h2-5,8-9,11,15,20,22,25,29-30,33,36H,6-7,10,12H2,1H3,(H2,28,35). The predicted molar refractivity (Wildman–Crippen MR) is 140 cm³/mol. The number of aliphatic hydroxyl groups excluding tert-OH is 2. The van der Waals surface area contributed by atoms with Crippen LogP contribution >= 0.6 is 11.6 Å². The number of rotatable bonds is 7. The molecule has 1 aromatic heterocycles. The summed E-state index contributed by atoms with van der Waals surface area (Å²) in [5.41, 5.74) is 8.60. The van der Waals surface area contributed by atoms with Crippen molar-refractivity contribution >= 4 is 51.5 Å². The maximum atomic E-state index is 13.2. The number of aromatic amines is 1. The lowest BCUT2D eigenvalue weighted by atomic mass is 10.1. The van der Waals surface area contributed by atoms with E-state index in [1.54, 1.807) is 40.1 Å². The molecular formula is C26H28ClN5O5. The highest BCUT2D eigenvalue weighted by molar-refractivity contribution is 6.34. The van der Waals surface area contributed by atoms with Crippen molar-refractivity contribution in [2.45, 2.75) is 44.2 Å². The summed E-state index contributed by atoms with van der Waals surface area (Å²) in [7, 11) is 0. The van der Waals surface area contributed by atoms with Gasteiger partial charge in [0.1, 0.15) is 6.04 Å². The van der Waals surface area contributed by atoms with E-state index in [-0.39, 0.29) is 24.4 Å². The molecule has 4 atom stereocenters. The number of primary amides is 1. The number of fused-ring (bicyclic) bond motifs is 1. The van der Waals surface area contributed by atoms with Crippen LogP contribution in [0, 0.1) is 6.92 Å². The summed E-state index contributed by atoms with van der Waals surface area (Å²) in [6, 6.07) is 9.28. The van der Waals surface area contributed by atoms with Crippen molar-refractivity contribution in [2.75, 3.05) is 22.9 Å². The van der Waals surface area contributed by atoms with Gasteiger partial charge in [-0.3, -0.25) is 19.7 Å². The molecule has 2 saturated heterocycles. The predicted octanol–water partition coefficient (Wildman–Crippen LogP) is 1.45. The fourth-order valence-corrected chi connectivity index (χ4v) is 5.52. The Morgan fingerprint density at radius 3 is 2.76 bits per heavy atom. The van der Waals surface area contributed by atoms with Crippen molar-refractivity contribution in [1.29, 1.82) is 0 Å². The van der Waals surface area contributed by atoms with E-state index in [2.05, 4.69) is 10.3 Å². The molecule has 2 aliphatic heterocycles. The van der Waals surface area contributed by atoms with Gasteiger partial charge in [0.2, 0.25) is 17.6 Å². The molecule has 2 amide bonds. The number of Topliss-reactive ketones (excluding diaryl/α,β-unsaturated/α-hetero) is 1. The van der Waals surface area contributed by atoms with Crippen LogP contribution in [-0.4, -0.2) is 70.3 Å². The number of carbonyl (C=O) groups is 3. The molecule has 3 heterocycles. The van der Waals surface area contributed by atoms with E-state index in [4.69, 9.17) is 17.3 Å². The van der Waals surface area contributed by atoms with E-state index in [0.717, 1.165) is 5.56 Å². The van der Waals surface area contributed by atoms with Crippen molar-refractivity contribution in [3.05, 3.63) is 58.7 Å². The molecule has 2 fully saturated rings. The number of nitrogens with one attached hydrogen (secondary N) is 2. The quantitative estimate of drug-likeness (QED) is 0.231. The summed E-state index contributed by atoms with van der Waals surface area (Å²) >= 11 is 6.33. The number of nitrogens with zero attached hydrogens (tertiary/aromatic N) is 2. The van der Waals surface area contributed by atoms with Crippen LogP contribution in [-0.2, 0) is 9.59 Å². The minimum absolute atomic E-state index is 0.231. The summed E-state index contributed by atoms with van der Waals surface area (Å²) in [5.74, 6) is -1.41. The molecule has 0 bridgehead atoms. The van der Waals surface area contributed by atoms with Crippen LogP contribution < -0.4 is 20.9 Å². The lowest BCUT2D eigenvalue weighted by Gasteiger charge is -2.24. The maximum absolute atomic E-state index is 13.2. The molecule has 11 heteroatoms. The number of aliphatic hydroxyl groups is 2. The Morgan fingerprint density at radius 1 is 1.24 bits per heavy atom. The second-order valence-electron chi connectivity index (χ2n) is 9.61. The SMILES string of the molecule is Cc1ccc(N2CCC(NC(O)C(=O)c3c[nH]c4ccc(N5CC(O)CC5C(N)=O)cc34)C2=O)c(Cl)c1. The number of H-pyrrole nitrogens is 1. The Bertz CT molecular complexity index is 1390. The number of halogens is 1. The number of aromatic nitrogens is 1. The minimum Gasteiger partial charge on any atom is -0.391 e. The van der Waals surface area contributed by atoms with Gasteiger partial charge in [0, 0.05) is 47.9 Å². The molecule has 10 nitrogen and oxygen atoms in total. The highest BCUT2D eigenvalue weighted by atomic mass is 35.5. The first-order chi connectivity index (χ1) is 17.6. The van der Waals surface area contributed by atoms with Gasteiger partial charge in [-0.2, -0.15) is 0 Å². The van der Waals surface area contributed by atoms with Crippen molar-refractivity contribution < 1.29 is 24.6 Å². The van der Waals surface area contributed by atoms with Gasteiger partial charge < -0.3 is 30.7 Å². The largest absolute Gasteiger partial charge is 0.391 e. The second kappa shape index (κ2) is 9.79. The van der Waals surface area contributed by atoms with E-state index < -0.39 is 36.1 Å². The smallest absolute Gasteiger partial charge is 0.244 e. The number of hydrogen-bond acceptors (Lipinski definition) is 7. The Hall–Kier alpha value is -3.44. The second-order valence-corrected chi connectivity index (χ2v) is 10.0. The number of β-amino-alcohol motifs (C(OH)–C–C–N with tert-alkyl or cyclic N) is 1. The Labute approximate surface area is 218 Å². The van der Waals surface area contributed by atoms with Crippen LogP contribution in [0.3, 0.4) is 0 Å².